The van der Waals surface area contributed by atoms with Crippen LogP contribution in [-0.2, 0) is 57.0 Å². The number of carbonyl (C=O) groups is 3. The highest BCUT2D eigenvalue weighted by Gasteiger charge is 2.52. The van der Waals surface area contributed by atoms with E-state index in [1.807, 2.05) is 0 Å². The van der Waals surface area contributed by atoms with Crippen LogP contribution in [0, 0.1) is 0 Å². The molecule has 3 aliphatic heterocycles. The van der Waals surface area contributed by atoms with E-state index in [2.05, 4.69) is 45.1 Å². The van der Waals surface area contributed by atoms with Crippen molar-refractivity contribution in [3.8, 4) is 0 Å². The van der Waals surface area contributed by atoms with Crippen LogP contribution in [-0.4, -0.2) is 195 Å². The second-order valence-corrected chi connectivity index (χ2v) is 27.0. The average molecular weight is 1360 g/mol. The maximum absolute atomic E-state index is 13.6. The Hall–Kier alpha value is -2.71. The molecule has 3 heterocycles. The van der Waals surface area contributed by atoms with Gasteiger partial charge >= 0.3 is 17.9 Å². The zero-order valence-corrected chi connectivity index (χ0v) is 58.9. The van der Waals surface area contributed by atoms with Crippen LogP contribution in [0.2, 0.25) is 0 Å². The number of aliphatic hydroxyl groups is 9. The van der Waals surface area contributed by atoms with Crippen LogP contribution >= 0.6 is 0 Å². The van der Waals surface area contributed by atoms with Crippen LogP contribution in [0.3, 0.4) is 0 Å². The minimum Gasteiger partial charge on any atom is -0.463 e. The van der Waals surface area contributed by atoms with E-state index >= 15 is 0 Å². The fraction of sp³-hybridized carbons (Fsp3) is 0.905. The molecular formula is C74H134O21. The van der Waals surface area contributed by atoms with Crippen molar-refractivity contribution in [1.29, 1.82) is 0 Å². The van der Waals surface area contributed by atoms with Gasteiger partial charge in [-0.05, 0) is 51.4 Å². The van der Waals surface area contributed by atoms with Crippen molar-refractivity contribution in [2.24, 2.45) is 0 Å². The van der Waals surface area contributed by atoms with Crippen molar-refractivity contribution in [2.75, 3.05) is 33.0 Å². The molecule has 21 nitrogen and oxygen atoms in total. The first-order valence-corrected chi connectivity index (χ1v) is 37.9. The molecule has 0 radical (unpaired) electrons. The number of hydrogen-bond acceptors (Lipinski definition) is 21. The predicted octanol–water partition coefficient (Wildman–Crippen LogP) is 11.4. The van der Waals surface area contributed by atoms with Gasteiger partial charge in [-0.3, -0.25) is 14.4 Å². The summed E-state index contributed by atoms with van der Waals surface area (Å²) in [5.74, 6) is -1.61. The molecule has 0 aromatic carbocycles. The predicted molar refractivity (Wildman–Crippen MR) is 364 cm³/mol. The van der Waals surface area contributed by atoms with Gasteiger partial charge in [0.15, 0.2) is 25.0 Å². The maximum Gasteiger partial charge on any atom is 0.306 e. The molecule has 21 heteroatoms. The van der Waals surface area contributed by atoms with E-state index in [-0.39, 0.29) is 19.3 Å². The summed E-state index contributed by atoms with van der Waals surface area (Å²) in [4.78, 5) is 39.9. The first-order chi connectivity index (χ1) is 46.2. The van der Waals surface area contributed by atoms with Gasteiger partial charge in [0.1, 0.15) is 86.5 Å². The number of carbonyl (C=O) groups excluding carboxylic acids is 3. The highest BCUT2D eigenvalue weighted by molar-refractivity contribution is 5.70. The van der Waals surface area contributed by atoms with Gasteiger partial charge in [-0.2, -0.15) is 0 Å². The first-order valence-electron chi connectivity index (χ1n) is 37.9. The number of rotatable bonds is 59. The van der Waals surface area contributed by atoms with E-state index < -0.39 is 149 Å². The fourth-order valence-corrected chi connectivity index (χ4v) is 12.3. The Kier molecular flexibility index (Phi) is 51.0. The van der Waals surface area contributed by atoms with Crippen molar-refractivity contribution in [3.63, 3.8) is 0 Å². The molecule has 6 unspecified atom stereocenters. The summed E-state index contributed by atoms with van der Waals surface area (Å²) >= 11 is 0. The molecule has 0 saturated carbocycles. The fourth-order valence-electron chi connectivity index (χ4n) is 12.3. The highest BCUT2D eigenvalue weighted by atomic mass is 16.8. The summed E-state index contributed by atoms with van der Waals surface area (Å²) < 4.78 is 52.6. The van der Waals surface area contributed by atoms with Gasteiger partial charge in [-0.25, -0.2) is 0 Å². The van der Waals surface area contributed by atoms with Gasteiger partial charge in [0, 0.05) is 19.3 Å². The molecule has 95 heavy (non-hydrogen) atoms. The molecule has 0 amide bonds. The monoisotopic (exact) mass is 1360 g/mol. The molecule has 0 spiro atoms. The van der Waals surface area contributed by atoms with Crippen LogP contribution in [0.5, 0.6) is 0 Å². The van der Waals surface area contributed by atoms with Crippen molar-refractivity contribution >= 4 is 17.9 Å². The van der Waals surface area contributed by atoms with Crippen LogP contribution in [0.1, 0.15) is 297 Å². The molecule has 16 atom stereocenters. The summed E-state index contributed by atoms with van der Waals surface area (Å²) in [7, 11) is 0. The lowest BCUT2D eigenvalue weighted by Crippen LogP contribution is -2.65. The number of ether oxygens (including phenoxy) is 9. The minimum absolute atomic E-state index is 0.0867. The lowest BCUT2D eigenvalue weighted by molar-refractivity contribution is -0.373. The van der Waals surface area contributed by atoms with E-state index in [0.29, 0.717) is 19.3 Å². The number of unbranched alkanes of at least 4 members (excludes halogenated alkanes) is 35. The number of hydrogen-bond donors (Lipinski definition) is 9. The minimum atomic E-state index is -2.01. The van der Waals surface area contributed by atoms with Crippen LogP contribution < -0.4 is 0 Å². The number of esters is 3. The third-order valence-corrected chi connectivity index (χ3v) is 18.5. The molecule has 3 saturated heterocycles. The zero-order valence-electron chi connectivity index (χ0n) is 58.9. The second kappa shape index (κ2) is 56.0. The molecule has 0 aromatic rings. The van der Waals surface area contributed by atoms with E-state index in [1.165, 1.54) is 148 Å². The molecule has 0 aromatic heterocycles. The van der Waals surface area contributed by atoms with Crippen LogP contribution in [0.4, 0.5) is 0 Å². The first kappa shape index (κ1) is 86.5. The topological polar surface area (TPSA) is 316 Å². The largest absolute Gasteiger partial charge is 0.463 e. The number of allylic oxidation sites excluding steroid dienone is 4. The Labute approximate surface area is 571 Å². The van der Waals surface area contributed by atoms with Gasteiger partial charge in [0.05, 0.1) is 19.8 Å². The van der Waals surface area contributed by atoms with E-state index in [1.54, 1.807) is 0 Å². The van der Waals surface area contributed by atoms with Crippen LogP contribution in [0.15, 0.2) is 24.3 Å². The van der Waals surface area contributed by atoms with Crippen molar-refractivity contribution < 1.29 is 103 Å². The third-order valence-electron chi connectivity index (χ3n) is 18.5. The number of aliphatic hydroxyl groups excluding tert-OH is 9. The van der Waals surface area contributed by atoms with E-state index in [9.17, 15) is 60.3 Å². The lowest BCUT2D eigenvalue weighted by Gasteiger charge is -2.46. The molecular weight excluding hydrogens is 1220 g/mol. The summed E-state index contributed by atoms with van der Waals surface area (Å²) in [5, 5.41) is 97.6. The Morgan fingerprint density at radius 2 is 0.726 bits per heavy atom. The maximum atomic E-state index is 13.6. The Morgan fingerprint density at radius 3 is 1.20 bits per heavy atom. The molecule has 3 rings (SSSR count). The molecule has 556 valence electrons. The van der Waals surface area contributed by atoms with E-state index in [0.717, 1.165) is 89.9 Å². The summed E-state index contributed by atoms with van der Waals surface area (Å²) in [6, 6.07) is 0. The normalized spacial score (nSPS) is 26.8. The zero-order chi connectivity index (χ0) is 69.1. The van der Waals surface area contributed by atoms with Crippen LogP contribution in [0.25, 0.3) is 0 Å². The van der Waals surface area contributed by atoms with Gasteiger partial charge in [0.25, 0.3) is 0 Å². The molecule has 0 bridgehead atoms. The Bertz CT molecular complexity index is 1930. The van der Waals surface area contributed by atoms with Gasteiger partial charge in [-0.1, -0.05) is 251 Å². The summed E-state index contributed by atoms with van der Waals surface area (Å²) in [6.07, 6.45) is 26.5. The van der Waals surface area contributed by atoms with Gasteiger partial charge in [0.2, 0.25) is 0 Å². The molecule has 3 fully saturated rings. The summed E-state index contributed by atoms with van der Waals surface area (Å²) in [5.41, 5.74) is 0. The van der Waals surface area contributed by atoms with Gasteiger partial charge < -0.3 is 88.6 Å². The second-order valence-electron chi connectivity index (χ2n) is 27.0. The van der Waals surface area contributed by atoms with E-state index in [4.69, 9.17) is 42.6 Å². The van der Waals surface area contributed by atoms with Crippen molar-refractivity contribution in [2.45, 2.75) is 395 Å². The molecule has 3 aliphatic rings. The highest BCUT2D eigenvalue weighted by Crippen LogP contribution is 2.32. The van der Waals surface area contributed by atoms with Gasteiger partial charge in [-0.15, -0.1) is 0 Å². The average Bonchev–Trinajstić information content (AvgIpc) is 0.796. The molecule has 9 N–H and O–H groups in total. The quantitative estimate of drug-likeness (QED) is 0.0118. The SMILES string of the molecule is CCCCCCC=CCC=CCCCCCCC(=O)OC[C@H](CO[C@@H]1OC(COC(=O)CCCCCCCCCCCCCCCC)[C@@H](O)[C@H](O)C1O[C@@H]1OC(CO[C@H]2OC(CO)C(O)[C@H](O)[C@H]2O)[C@H](O)C(O)[C@H]1O)OC(=O)CCCCCCCCCCCCCCCCC. The molecule has 0 aliphatic carbocycles. The van der Waals surface area contributed by atoms with Crippen molar-refractivity contribution in [3.05, 3.63) is 24.3 Å². The Balaban J connectivity index is 1.69. The third kappa shape index (κ3) is 38.6. The smallest absolute Gasteiger partial charge is 0.306 e. The Morgan fingerprint density at radius 1 is 0.358 bits per heavy atom. The lowest BCUT2D eigenvalue weighted by atomic mass is 9.97. The standard InChI is InChI=1S/C74H134O21/c1-4-7-10-13-16-19-22-25-28-31-34-36-39-42-45-48-60(76)87-52-56(91-62(78)50-47-44-41-38-35-32-29-26-23-20-17-14-11-8-5-2)53-89-74-71(95-73-70(86)67(83)64(80)59(93-73)55-90-72-69(85)66(82)63(79)57(51-75)92-72)68(84)65(81)58(94-74)54-88-61(77)49-46-43-40-37-33-30-27-24-21-18-15-12-9-6-3/h19,22,28,31,56-59,63-75,79-86H,4-18,20-21,23-27,29-30,32-55H2,1-3H3/t56-,57?,58?,59?,63?,64+,65-,66+,67?,68+,69-,70-,71?,72+,73+,74-/m1/s1. The van der Waals surface area contributed by atoms with Crippen molar-refractivity contribution in [1.82, 2.24) is 0 Å². The summed E-state index contributed by atoms with van der Waals surface area (Å²) in [6.45, 7) is 3.81.